The van der Waals surface area contributed by atoms with Crippen molar-refractivity contribution in [3.63, 3.8) is 0 Å². The zero-order chi connectivity index (χ0) is 17.1. The Balaban J connectivity index is 1.54. The number of anilines is 2. The van der Waals surface area contributed by atoms with Crippen LogP contribution in [-0.2, 0) is 4.74 Å². The Bertz CT molecular complexity index is 842. The van der Waals surface area contributed by atoms with Gasteiger partial charge in [0, 0.05) is 24.3 Å². The van der Waals surface area contributed by atoms with Crippen molar-refractivity contribution in [2.45, 2.75) is 12.3 Å². The van der Waals surface area contributed by atoms with Crippen molar-refractivity contribution < 1.29 is 9.47 Å². The average molecular weight is 336 g/mol. The van der Waals surface area contributed by atoms with Gasteiger partial charge in [-0.3, -0.25) is 0 Å². The zero-order valence-corrected chi connectivity index (χ0v) is 14.1. The second kappa shape index (κ2) is 6.94. The van der Waals surface area contributed by atoms with Crippen LogP contribution in [0.5, 0.6) is 5.75 Å². The summed E-state index contributed by atoms with van der Waals surface area (Å²) < 4.78 is 12.8. The van der Waals surface area contributed by atoms with E-state index < -0.39 is 0 Å². The second-order valence-electron chi connectivity index (χ2n) is 5.99. The fourth-order valence-corrected chi connectivity index (χ4v) is 3.06. The predicted octanol–water partition coefficient (Wildman–Crippen LogP) is 3.52. The van der Waals surface area contributed by atoms with Crippen molar-refractivity contribution in [3.8, 4) is 11.4 Å². The largest absolute Gasteiger partial charge is 0.496 e. The van der Waals surface area contributed by atoms with Gasteiger partial charge in [0.1, 0.15) is 12.1 Å². The molecule has 0 aliphatic carbocycles. The summed E-state index contributed by atoms with van der Waals surface area (Å²) in [7, 11) is 1.70. The van der Waals surface area contributed by atoms with Gasteiger partial charge >= 0.3 is 0 Å². The number of ether oxygens (including phenoxy) is 2. The number of methoxy groups -OCH3 is 1. The predicted molar refractivity (Wildman–Crippen MR) is 95.8 cm³/mol. The molecule has 4 rings (SSSR count). The molecule has 1 aliphatic heterocycles. The van der Waals surface area contributed by atoms with Crippen LogP contribution in [0.25, 0.3) is 5.69 Å². The minimum atomic E-state index is 0.402. The smallest absolute Gasteiger partial charge is 0.246 e. The summed E-state index contributed by atoms with van der Waals surface area (Å²) in [6.45, 7) is 1.57. The minimum absolute atomic E-state index is 0.402. The summed E-state index contributed by atoms with van der Waals surface area (Å²) in [4.78, 5) is 4.32. The van der Waals surface area contributed by atoms with Crippen molar-refractivity contribution in [2.24, 2.45) is 0 Å². The van der Waals surface area contributed by atoms with Crippen molar-refractivity contribution >= 4 is 11.6 Å². The van der Waals surface area contributed by atoms with Gasteiger partial charge in [-0.05, 0) is 30.2 Å². The Kier molecular flexibility index (Phi) is 4.35. The highest BCUT2D eigenvalue weighted by atomic mass is 16.5. The average Bonchev–Trinajstić information content (AvgIpc) is 3.34. The van der Waals surface area contributed by atoms with Gasteiger partial charge in [-0.1, -0.05) is 24.3 Å². The molecule has 0 bridgehead atoms. The van der Waals surface area contributed by atoms with Crippen molar-refractivity contribution in [1.82, 2.24) is 14.8 Å². The van der Waals surface area contributed by atoms with Crippen LogP contribution in [0.3, 0.4) is 0 Å². The molecule has 0 unspecified atom stereocenters. The van der Waals surface area contributed by atoms with E-state index in [0.29, 0.717) is 11.9 Å². The fourth-order valence-electron chi connectivity index (χ4n) is 3.06. The van der Waals surface area contributed by atoms with E-state index in [2.05, 4.69) is 21.5 Å². The number of benzene rings is 2. The highest BCUT2D eigenvalue weighted by Crippen LogP contribution is 2.34. The van der Waals surface area contributed by atoms with E-state index >= 15 is 0 Å². The monoisotopic (exact) mass is 336 g/mol. The lowest BCUT2D eigenvalue weighted by Crippen LogP contribution is -2.02. The van der Waals surface area contributed by atoms with Crippen LogP contribution in [0, 0.1) is 0 Å². The molecule has 1 fully saturated rings. The lowest BCUT2D eigenvalue weighted by Gasteiger charge is -2.14. The molecule has 128 valence electrons. The van der Waals surface area contributed by atoms with E-state index in [9.17, 15) is 0 Å². The van der Waals surface area contributed by atoms with Gasteiger partial charge in [0.15, 0.2) is 0 Å². The maximum atomic E-state index is 5.57. The molecule has 6 nitrogen and oxygen atoms in total. The third-order valence-corrected chi connectivity index (χ3v) is 4.37. The number of aromatic nitrogens is 3. The second-order valence-corrected chi connectivity index (χ2v) is 5.99. The van der Waals surface area contributed by atoms with E-state index in [1.165, 1.54) is 5.56 Å². The van der Waals surface area contributed by atoms with Crippen LogP contribution in [-0.4, -0.2) is 35.1 Å². The van der Waals surface area contributed by atoms with E-state index in [1.807, 2.05) is 42.5 Å². The highest BCUT2D eigenvalue weighted by molar-refractivity contribution is 5.58. The Morgan fingerprint density at radius 1 is 1.20 bits per heavy atom. The van der Waals surface area contributed by atoms with Crippen LogP contribution in [0.2, 0.25) is 0 Å². The molecule has 2 aromatic carbocycles. The molecule has 1 N–H and O–H groups in total. The van der Waals surface area contributed by atoms with Gasteiger partial charge in [0.2, 0.25) is 5.95 Å². The van der Waals surface area contributed by atoms with E-state index in [4.69, 9.17) is 9.47 Å². The van der Waals surface area contributed by atoms with Gasteiger partial charge in [-0.15, -0.1) is 5.10 Å². The highest BCUT2D eigenvalue weighted by Gasteiger charge is 2.21. The van der Waals surface area contributed by atoms with Crippen LogP contribution < -0.4 is 10.1 Å². The molecule has 6 heteroatoms. The van der Waals surface area contributed by atoms with Crippen molar-refractivity contribution in [2.75, 3.05) is 25.6 Å². The first-order chi connectivity index (χ1) is 12.3. The van der Waals surface area contributed by atoms with Crippen molar-refractivity contribution in [1.29, 1.82) is 0 Å². The Hall–Kier alpha value is -2.86. The topological polar surface area (TPSA) is 61.2 Å². The Morgan fingerprint density at radius 2 is 2.08 bits per heavy atom. The summed E-state index contributed by atoms with van der Waals surface area (Å²) in [5.74, 6) is 1.81. The summed E-state index contributed by atoms with van der Waals surface area (Å²) in [5.41, 5.74) is 3.05. The number of hydrogen-bond acceptors (Lipinski definition) is 5. The van der Waals surface area contributed by atoms with Gasteiger partial charge in [0.25, 0.3) is 0 Å². The molecule has 3 aromatic rings. The van der Waals surface area contributed by atoms with Crippen LogP contribution >= 0.6 is 0 Å². The summed E-state index contributed by atoms with van der Waals surface area (Å²) in [6.07, 6.45) is 2.73. The number of rotatable bonds is 5. The van der Waals surface area contributed by atoms with Crippen LogP contribution in [0.4, 0.5) is 11.6 Å². The molecule has 0 spiro atoms. The van der Waals surface area contributed by atoms with Gasteiger partial charge in [0.05, 0.1) is 19.4 Å². The molecule has 1 aromatic heterocycles. The lowest BCUT2D eigenvalue weighted by atomic mass is 9.97. The molecule has 2 heterocycles. The summed E-state index contributed by atoms with van der Waals surface area (Å²) in [5, 5.41) is 7.70. The first-order valence-corrected chi connectivity index (χ1v) is 8.33. The fraction of sp³-hybridized carbons (Fsp3) is 0.263. The number of para-hydroxylation sites is 1. The molecule has 1 aliphatic rings. The Labute approximate surface area is 146 Å². The van der Waals surface area contributed by atoms with Gasteiger partial charge in [-0.2, -0.15) is 4.98 Å². The molecular weight excluding hydrogens is 316 g/mol. The standard InChI is InChI=1S/C19H20N4O2/c1-24-18-11-15(7-8-17(18)14-9-10-25-12-14)21-19-20-13-23(22-19)16-5-3-2-4-6-16/h2-8,11,13-14H,9-10,12H2,1H3,(H,21,22)/t14-/m1/s1. The lowest BCUT2D eigenvalue weighted by molar-refractivity contribution is 0.193. The molecule has 0 saturated carbocycles. The summed E-state index contributed by atoms with van der Waals surface area (Å²) >= 11 is 0. The van der Waals surface area contributed by atoms with E-state index in [1.54, 1.807) is 18.1 Å². The zero-order valence-electron chi connectivity index (χ0n) is 14.1. The SMILES string of the molecule is COc1cc(Nc2ncn(-c3ccccc3)n2)ccc1[C@@H]1CCOC1. The minimum Gasteiger partial charge on any atom is -0.496 e. The van der Waals surface area contributed by atoms with E-state index in [-0.39, 0.29) is 0 Å². The molecule has 25 heavy (non-hydrogen) atoms. The molecule has 0 radical (unpaired) electrons. The molecule has 1 atom stereocenters. The maximum absolute atomic E-state index is 5.57. The number of nitrogens with zero attached hydrogens (tertiary/aromatic N) is 3. The van der Waals surface area contributed by atoms with Gasteiger partial charge in [-0.25, -0.2) is 4.68 Å². The molecular formula is C19H20N4O2. The normalized spacial score (nSPS) is 16.8. The third kappa shape index (κ3) is 3.34. The third-order valence-electron chi connectivity index (χ3n) is 4.37. The van der Waals surface area contributed by atoms with E-state index in [0.717, 1.165) is 36.8 Å². The molecule has 0 amide bonds. The first-order valence-electron chi connectivity index (χ1n) is 8.33. The first kappa shape index (κ1) is 15.7. The van der Waals surface area contributed by atoms with Crippen LogP contribution in [0.1, 0.15) is 17.9 Å². The van der Waals surface area contributed by atoms with Crippen LogP contribution in [0.15, 0.2) is 54.9 Å². The number of nitrogens with one attached hydrogen (secondary N) is 1. The Morgan fingerprint density at radius 3 is 2.84 bits per heavy atom. The van der Waals surface area contributed by atoms with Crippen molar-refractivity contribution in [3.05, 3.63) is 60.4 Å². The van der Waals surface area contributed by atoms with Gasteiger partial charge < -0.3 is 14.8 Å². The number of hydrogen-bond donors (Lipinski definition) is 1. The maximum Gasteiger partial charge on any atom is 0.246 e. The quantitative estimate of drug-likeness (QED) is 0.772. The summed E-state index contributed by atoms with van der Waals surface area (Å²) in [6, 6.07) is 16.0. The molecule has 1 saturated heterocycles.